The summed E-state index contributed by atoms with van der Waals surface area (Å²) in [6.45, 7) is 5.63. The van der Waals surface area contributed by atoms with Gasteiger partial charge in [0.1, 0.15) is 6.54 Å². The quantitative estimate of drug-likeness (QED) is 0.574. The third-order valence-corrected chi connectivity index (χ3v) is 4.77. The van der Waals surface area contributed by atoms with Gasteiger partial charge in [-0.2, -0.15) is 0 Å². The first kappa shape index (κ1) is 16.9. The lowest BCUT2D eigenvalue weighted by atomic mass is 10.0. The molecule has 2 saturated heterocycles. The minimum Gasteiger partial charge on any atom is -0.463 e. The molecule has 122 valence electrons. The van der Waals surface area contributed by atoms with E-state index in [0.717, 1.165) is 25.9 Å². The average molecular weight is 326 g/mol. The molecule has 0 aliphatic carbocycles. The molecule has 1 atom stereocenters. The Labute approximate surface area is 134 Å². The Bertz CT molecular complexity index is 492. The van der Waals surface area contributed by atoms with E-state index in [-0.39, 0.29) is 30.7 Å². The molecule has 2 aliphatic rings. The monoisotopic (exact) mass is 326 g/mol. The number of likely N-dealkylation sites (tertiary alicyclic amines) is 1. The molecule has 1 unspecified atom stereocenters. The van der Waals surface area contributed by atoms with Crippen molar-refractivity contribution in [3.63, 3.8) is 0 Å². The van der Waals surface area contributed by atoms with Crippen LogP contribution in [0.2, 0.25) is 0 Å². The molecule has 2 rings (SSSR count). The molecule has 0 bridgehead atoms. The zero-order valence-corrected chi connectivity index (χ0v) is 13.9. The number of thioether (sulfide) groups is 1. The molecule has 0 aromatic carbocycles. The molecular weight excluding hydrogens is 304 g/mol. The number of hydrogen-bond donors (Lipinski definition) is 0. The van der Waals surface area contributed by atoms with E-state index in [1.165, 1.54) is 22.7 Å². The van der Waals surface area contributed by atoms with E-state index in [2.05, 4.69) is 6.92 Å². The fraction of sp³-hybridized carbons (Fsp3) is 0.667. The summed E-state index contributed by atoms with van der Waals surface area (Å²) in [4.78, 5) is 39.1. The Balaban J connectivity index is 2.00. The number of rotatable bonds is 4. The van der Waals surface area contributed by atoms with Gasteiger partial charge < -0.3 is 9.64 Å². The van der Waals surface area contributed by atoms with Crippen LogP contribution in [0.4, 0.5) is 0 Å². The number of hydrogen-bond acceptors (Lipinski definition) is 5. The van der Waals surface area contributed by atoms with Crippen LogP contribution in [0.3, 0.4) is 0 Å². The Kier molecular flexibility index (Phi) is 5.88. The number of piperidine rings is 1. The van der Waals surface area contributed by atoms with Crippen molar-refractivity contribution in [2.45, 2.75) is 26.7 Å². The van der Waals surface area contributed by atoms with Crippen LogP contribution in [0, 0.1) is 5.92 Å². The van der Waals surface area contributed by atoms with Crippen LogP contribution >= 0.6 is 11.8 Å². The van der Waals surface area contributed by atoms with Crippen LogP contribution < -0.4 is 0 Å². The fourth-order valence-electron chi connectivity index (χ4n) is 2.64. The third-order valence-electron chi connectivity index (χ3n) is 3.74. The predicted octanol–water partition coefficient (Wildman–Crippen LogP) is 1.22. The van der Waals surface area contributed by atoms with Gasteiger partial charge >= 0.3 is 5.97 Å². The van der Waals surface area contributed by atoms with Crippen LogP contribution in [0.5, 0.6) is 0 Å². The van der Waals surface area contributed by atoms with E-state index >= 15 is 0 Å². The second kappa shape index (κ2) is 7.67. The first-order valence-corrected chi connectivity index (χ1v) is 8.59. The van der Waals surface area contributed by atoms with E-state index < -0.39 is 5.97 Å². The zero-order chi connectivity index (χ0) is 16.1. The van der Waals surface area contributed by atoms with Gasteiger partial charge in [0.05, 0.1) is 23.5 Å². The second-order valence-corrected chi connectivity index (χ2v) is 6.59. The van der Waals surface area contributed by atoms with Gasteiger partial charge in [-0.1, -0.05) is 18.7 Å². The Morgan fingerprint density at radius 1 is 1.45 bits per heavy atom. The lowest BCUT2D eigenvalue weighted by molar-refractivity contribution is -0.139. The molecule has 0 aromatic heterocycles. The highest BCUT2D eigenvalue weighted by Gasteiger charge is 2.31. The van der Waals surface area contributed by atoms with E-state index in [1.54, 1.807) is 6.92 Å². The number of esters is 1. The van der Waals surface area contributed by atoms with Gasteiger partial charge in [-0.3, -0.25) is 14.5 Å². The Morgan fingerprint density at radius 3 is 2.91 bits per heavy atom. The standard InChI is InChI=1S/C15H22N2O4S/c1-3-21-15(20)7-14-17(13(19)10-22-14)9-12(18)16-6-4-5-11(2)8-16/h7,11H,3-6,8-10H2,1-2H3/b14-7+. The summed E-state index contributed by atoms with van der Waals surface area (Å²) in [5.74, 6) is 0.0744. The first-order valence-electron chi connectivity index (χ1n) is 7.60. The fourth-order valence-corrected chi connectivity index (χ4v) is 3.56. The minimum absolute atomic E-state index is 0.00376. The maximum atomic E-state index is 12.4. The molecule has 6 nitrogen and oxygen atoms in total. The van der Waals surface area contributed by atoms with Crippen molar-refractivity contribution in [3.05, 3.63) is 11.1 Å². The lowest BCUT2D eigenvalue weighted by Crippen LogP contribution is -2.44. The molecule has 0 N–H and O–H groups in total. The van der Waals surface area contributed by atoms with Crippen LogP contribution in [0.1, 0.15) is 26.7 Å². The summed E-state index contributed by atoms with van der Waals surface area (Å²) in [5, 5.41) is 0.502. The van der Waals surface area contributed by atoms with E-state index in [4.69, 9.17) is 4.74 Å². The normalized spacial score (nSPS) is 24.0. The van der Waals surface area contributed by atoms with Crippen molar-refractivity contribution < 1.29 is 19.1 Å². The lowest BCUT2D eigenvalue weighted by Gasteiger charge is -2.32. The topological polar surface area (TPSA) is 66.9 Å². The molecular formula is C15H22N2O4S. The van der Waals surface area contributed by atoms with Gasteiger partial charge in [0.15, 0.2) is 0 Å². The van der Waals surface area contributed by atoms with Gasteiger partial charge in [-0.05, 0) is 25.7 Å². The number of nitrogens with zero attached hydrogens (tertiary/aromatic N) is 2. The smallest absolute Gasteiger partial charge is 0.333 e. The summed E-state index contributed by atoms with van der Waals surface area (Å²) in [5.41, 5.74) is 0. The van der Waals surface area contributed by atoms with E-state index in [0.29, 0.717) is 10.9 Å². The summed E-state index contributed by atoms with van der Waals surface area (Å²) in [6, 6.07) is 0. The van der Waals surface area contributed by atoms with Crippen molar-refractivity contribution in [2.75, 3.05) is 32.0 Å². The summed E-state index contributed by atoms with van der Waals surface area (Å²) in [7, 11) is 0. The largest absolute Gasteiger partial charge is 0.463 e. The molecule has 2 amide bonds. The van der Waals surface area contributed by atoms with Crippen molar-refractivity contribution >= 4 is 29.5 Å². The summed E-state index contributed by atoms with van der Waals surface area (Å²) in [6.07, 6.45) is 3.43. The predicted molar refractivity (Wildman–Crippen MR) is 83.9 cm³/mol. The molecule has 0 spiro atoms. The zero-order valence-electron chi connectivity index (χ0n) is 13.0. The van der Waals surface area contributed by atoms with Crippen LogP contribution in [0.25, 0.3) is 0 Å². The highest BCUT2D eigenvalue weighted by atomic mass is 32.2. The van der Waals surface area contributed by atoms with Crippen LogP contribution in [-0.2, 0) is 19.1 Å². The number of carbonyl (C=O) groups is 3. The highest BCUT2D eigenvalue weighted by Crippen LogP contribution is 2.29. The highest BCUT2D eigenvalue weighted by molar-refractivity contribution is 8.04. The summed E-state index contributed by atoms with van der Waals surface area (Å²) >= 11 is 1.27. The second-order valence-electron chi connectivity index (χ2n) is 5.59. The molecule has 22 heavy (non-hydrogen) atoms. The van der Waals surface area contributed by atoms with Crippen LogP contribution in [-0.4, -0.2) is 59.6 Å². The Morgan fingerprint density at radius 2 is 2.23 bits per heavy atom. The van der Waals surface area contributed by atoms with Crippen molar-refractivity contribution in [1.29, 1.82) is 0 Å². The van der Waals surface area contributed by atoms with Gasteiger partial charge in [0, 0.05) is 13.1 Å². The molecule has 2 fully saturated rings. The van der Waals surface area contributed by atoms with Crippen molar-refractivity contribution in [1.82, 2.24) is 9.80 Å². The van der Waals surface area contributed by atoms with Crippen LogP contribution in [0.15, 0.2) is 11.1 Å². The minimum atomic E-state index is -0.483. The van der Waals surface area contributed by atoms with E-state index in [1.807, 2.05) is 4.90 Å². The van der Waals surface area contributed by atoms with Crippen molar-refractivity contribution in [2.24, 2.45) is 5.92 Å². The van der Waals surface area contributed by atoms with Crippen molar-refractivity contribution in [3.8, 4) is 0 Å². The first-order chi connectivity index (χ1) is 10.5. The Hall–Kier alpha value is -1.50. The number of amides is 2. The molecule has 0 aromatic rings. The maximum absolute atomic E-state index is 12.4. The average Bonchev–Trinajstić information content (AvgIpc) is 2.80. The van der Waals surface area contributed by atoms with Gasteiger partial charge in [0.2, 0.25) is 11.8 Å². The third kappa shape index (κ3) is 4.25. The molecule has 0 saturated carbocycles. The number of ether oxygens (including phenoxy) is 1. The molecule has 2 aliphatic heterocycles. The molecule has 7 heteroatoms. The van der Waals surface area contributed by atoms with Gasteiger partial charge in [-0.15, -0.1) is 0 Å². The van der Waals surface area contributed by atoms with Gasteiger partial charge in [-0.25, -0.2) is 4.79 Å². The van der Waals surface area contributed by atoms with E-state index in [9.17, 15) is 14.4 Å². The van der Waals surface area contributed by atoms with Gasteiger partial charge in [0.25, 0.3) is 0 Å². The SMILES string of the molecule is CCOC(=O)/C=C1/SCC(=O)N1CC(=O)N1CCCC(C)C1. The molecule has 2 heterocycles. The number of carbonyl (C=O) groups excluding carboxylic acids is 3. The molecule has 0 radical (unpaired) electrons. The summed E-state index contributed by atoms with van der Waals surface area (Å²) < 4.78 is 4.86. The maximum Gasteiger partial charge on any atom is 0.333 e.